The van der Waals surface area contributed by atoms with Crippen LogP contribution < -0.4 is 20.3 Å². The van der Waals surface area contributed by atoms with Crippen LogP contribution in [0.4, 0.5) is 16.3 Å². The summed E-state index contributed by atoms with van der Waals surface area (Å²) in [5, 5.41) is 5.45. The molecule has 2 N–H and O–H groups in total. The Bertz CT molecular complexity index is 718. The molecule has 0 spiro atoms. The molecular formula is C17H18N4O3. The SMILES string of the molecule is COc1ccc(N2C[C@@H](NC(=O)Nc3ccccn3)CC2=O)cc1. The summed E-state index contributed by atoms with van der Waals surface area (Å²) in [7, 11) is 1.59. The average molecular weight is 326 g/mol. The highest BCUT2D eigenvalue weighted by Crippen LogP contribution is 2.24. The van der Waals surface area contributed by atoms with Crippen molar-refractivity contribution < 1.29 is 14.3 Å². The van der Waals surface area contributed by atoms with E-state index in [0.717, 1.165) is 11.4 Å². The Kier molecular flexibility index (Phi) is 4.60. The molecule has 124 valence electrons. The third-order valence-electron chi connectivity index (χ3n) is 3.75. The first-order valence-corrected chi connectivity index (χ1v) is 7.58. The summed E-state index contributed by atoms with van der Waals surface area (Å²) >= 11 is 0. The number of benzene rings is 1. The van der Waals surface area contributed by atoms with E-state index in [0.29, 0.717) is 12.4 Å². The number of aromatic nitrogens is 1. The summed E-state index contributed by atoms with van der Waals surface area (Å²) in [6.07, 6.45) is 1.86. The first-order valence-electron chi connectivity index (χ1n) is 7.58. The zero-order chi connectivity index (χ0) is 16.9. The van der Waals surface area contributed by atoms with Crippen LogP contribution in [0, 0.1) is 0 Å². The van der Waals surface area contributed by atoms with Crippen molar-refractivity contribution in [1.29, 1.82) is 0 Å². The Morgan fingerprint density at radius 3 is 2.71 bits per heavy atom. The maximum absolute atomic E-state index is 12.2. The molecule has 0 saturated carbocycles. The van der Waals surface area contributed by atoms with Gasteiger partial charge in [0.05, 0.1) is 13.2 Å². The van der Waals surface area contributed by atoms with Crippen LogP contribution in [0.3, 0.4) is 0 Å². The van der Waals surface area contributed by atoms with Gasteiger partial charge in [0.2, 0.25) is 5.91 Å². The van der Waals surface area contributed by atoms with Gasteiger partial charge in [0.15, 0.2) is 0 Å². The first kappa shape index (κ1) is 15.8. The molecule has 0 radical (unpaired) electrons. The normalized spacial score (nSPS) is 16.8. The average Bonchev–Trinajstić information content (AvgIpc) is 2.96. The Balaban J connectivity index is 1.59. The molecule has 7 nitrogen and oxygen atoms in total. The molecule has 1 fully saturated rings. The molecule has 0 unspecified atom stereocenters. The lowest BCUT2D eigenvalue weighted by Gasteiger charge is -2.17. The number of nitrogens with one attached hydrogen (secondary N) is 2. The number of anilines is 2. The largest absolute Gasteiger partial charge is 0.497 e. The molecule has 2 heterocycles. The van der Waals surface area contributed by atoms with E-state index in [9.17, 15) is 9.59 Å². The molecule has 1 aromatic heterocycles. The Hall–Kier alpha value is -3.09. The molecule has 24 heavy (non-hydrogen) atoms. The van der Waals surface area contributed by atoms with Crippen molar-refractivity contribution in [2.45, 2.75) is 12.5 Å². The van der Waals surface area contributed by atoms with Crippen LogP contribution in [0.1, 0.15) is 6.42 Å². The van der Waals surface area contributed by atoms with Crippen molar-refractivity contribution >= 4 is 23.4 Å². The number of ether oxygens (including phenoxy) is 1. The molecule has 0 bridgehead atoms. The fourth-order valence-electron chi connectivity index (χ4n) is 2.59. The van der Waals surface area contributed by atoms with E-state index in [4.69, 9.17) is 4.74 Å². The predicted molar refractivity (Wildman–Crippen MR) is 90.1 cm³/mol. The van der Waals surface area contributed by atoms with Crippen LogP contribution >= 0.6 is 0 Å². The molecule has 1 aromatic carbocycles. The van der Waals surface area contributed by atoms with Crippen molar-refractivity contribution in [1.82, 2.24) is 10.3 Å². The standard InChI is InChI=1S/C17H18N4O3/c1-24-14-7-5-13(6-8-14)21-11-12(10-16(21)22)19-17(23)20-15-4-2-3-9-18-15/h2-9,12H,10-11H2,1H3,(H2,18,19,20,23)/t12-/m0/s1. The van der Waals surface area contributed by atoms with Gasteiger partial charge in [-0.2, -0.15) is 0 Å². The third-order valence-corrected chi connectivity index (χ3v) is 3.75. The number of pyridine rings is 1. The molecule has 2 aromatic rings. The highest BCUT2D eigenvalue weighted by Gasteiger charge is 2.31. The summed E-state index contributed by atoms with van der Waals surface area (Å²) in [6.45, 7) is 0.431. The number of carbonyl (C=O) groups is 2. The maximum Gasteiger partial charge on any atom is 0.320 e. The van der Waals surface area contributed by atoms with Crippen molar-refractivity contribution in [2.75, 3.05) is 23.9 Å². The minimum absolute atomic E-state index is 0.0247. The topological polar surface area (TPSA) is 83.6 Å². The number of methoxy groups -OCH3 is 1. The minimum Gasteiger partial charge on any atom is -0.497 e. The van der Waals surface area contributed by atoms with Crippen LogP contribution in [0.25, 0.3) is 0 Å². The molecule has 1 aliphatic rings. The summed E-state index contributed by atoms with van der Waals surface area (Å²) in [5.41, 5.74) is 0.787. The molecule has 3 rings (SSSR count). The molecule has 0 aliphatic carbocycles. The fourth-order valence-corrected chi connectivity index (χ4v) is 2.59. The van der Waals surface area contributed by atoms with Gasteiger partial charge < -0.3 is 15.0 Å². The second kappa shape index (κ2) is 6.99. The van der Waals surface area contributed by atoms with Crippen molar-refractivity contribution in [3.05, 3.63) is 48.7 Å². The summed E-state index contributed by atoms with van der Waals surface area (Å²) in [4.78, 5) is 29.9. The smallest absolute Gasteiger partial charge is 0.320 e. The van der Waals surface area contributed by atoms with Gasteiger partial charge in [-0.05, 0) is 36.4 Å². The van der Waals surface area contributed by atoms with Crippen LogP contribution in [-0.4, -0.2) is 36.6 Å². The second-order valence-corrected chi connectivity index (χ2v) is 5.42. The monoisotopic (exact) mass is 326 g/mol. The fraction of sp³-hybridized carbons (Fsp3) is 0.235. The summed E-state index contributed by atoms with van der Waals surface area (Å²) in [6, 6.07) is 11.9. The summed E-state index contributed by atoms with van der Waals surface area (Å²) in [5.74, 6) is 1.17. The summed E-state index contributed by atoms with van der Waals surface area (Å²) < 4.78 is 5.11. The van der Waals surface area contributed by atoms with Crippen LogP contribution in [0.15, 0.2) is 48.7 Å². The van der Waals surface area contributed by atoms with E-state index in [2.05, 4.69) is 15.6 Å². The van der Waals surface area contributed by atoms with Gasteiger partial charge in [0.1, 0.15) is 11.6 Å². The first-order chi connectivity index (χ1) is 11.7. The number of hydrogen-bond donors (Lipinski definition) is 2. The third kappa shape index (κ3) is 3.62. The number of hydrogen-bond acceptors (Lipinski definition) is 4. The van der Waals surface area contributed by atoms with Crippen molar-refractivity contribution in [3.63, 3.8) is 0 Å². The lowest BCUT2D eigenvalue weighted by atomic mass is 10.2. The predicted octanol–water partition coefficient (Wildman–Crippen LogP) is 2.02. The van der Waals surface area contributed by atoms with Crippen molar-refractivity contribution in [2.24, 2.45) is 0 Å². The van der Waals surface area contributed by atoms with Gasteiger partial charge in [0, 0.05) is 24.8 Å². The van der Waals surface area contributed by atoms with Crippen LogP contribution in [0.2, 0.25) is 0 Å². The molecule has 1 saturated heterocycles. The van der Waals surface area contributed by atoms with Gasteiger partial charge in [-0.1, -0.05) is 6.07 Å². The van der Waals surface area contributed by atoms with Crippen molar-refractivity contribution in [3.8, 4) is 5.75 Å². The number of rotatable bonds is 4. The quantitative estimate of drug-likeness (QED) is 0.900. The van der Waals surface area contributed by atoms with E-state index < -0.39 is 0 Å². The Morgan fingerprint density at radius 1 is 1.25 bits per heavy atom. The second-order valence-electron chi connectivity index (χ2n) is 5.42. The lowest BCUT2D eigenvalue weighted by molar-refractivity contribution is -0.117. The molecule has 1 atom stereocenters. The number of nitrogens with zero attached hydrogens (tertiary/aromatic N) is 2. The Morgan fingerprint density at radius 2 is 2.04 bits per heavy atom. The lowest BCUT2D eigenvalue weighted by Crippen LogP contribution is -2.39. The Labute approximate surface area is 139 Å². The van der Waals surface area contributed by atoms with E-state index >= 15 is 0 Å². The van der Waals surface area contributed by atoms with E-state index in [-0.39, 0.29) is 24.4 Å². The van der Waals surface area contributed by atoms with Crippen LogP contribution in [-0.2, 0) is 4.79 Å². The molecule has 7 heteroatoms. The zero-order valence-electron chi connectivity index (χ0n) is 13.2. The van der Waals surface area contributed by atoms with Gasteiger partial charge in [-0.15, -0.1) is 0 Å². The van der Waals surface area contributed by atoms with Crippen LogP contribution in [0.5, 0.6) is 5.75 Å². The van der Waals surface area contributed by atoms with E-state index in [1.807, 2.05) is 12.1 Å². The van der Waals surface area contributed by atoms with Gasteiger partial charge in [0.25, 0.3) is 0 Å². The highest BCUT2D eigenvalue weighted by molar-refractivity contribution is 5.97. The number of carbonyl (C=O) groups excluding carboxylic acids is 2. The van der Waals surface area contributed by atoms with E-state index in [1.165, 1.54) is 0 Å². The van der Waals surface area contributed by atoms with Gasteiger partial charge in [-0.25, -0.2) is 9.78 Å². The molecular weight excluding hydrogens is 308 g/mol. The molecule has 3 amide bonds. The molecule has 1 aliphatic heterocycles. The zero-order valence-corrected chi connectivity index (χ0v) is 13.2. The van der Waals surface area contributed by atoms with Gasteiger partial charge >= 0.3 is 6.03 Å². The highest BCUT2D eigenvalue weighted by atomic mass is 16.5. The van der Waals surface area contributed by atoms with E-state index in [1.54, 1.807) is 48.5 Å². The maximum atomic E-state index is 12.2. The minimum atomic E-state index is -0.372. The number of urea groups is 1. The van der Waals surface area contributed by atoms with Gasteiger partial charge in [-0.3, -0.25) is 10.1 Å². The number of amides is 3.